The second-order valence-electron chi connectivity index (χ2n) is 16.3. The van der Waals surface area contributed by atoms with Crippen LogP contribution in [0.3, 0.4) is 0 Å². The molecule has 3 nitrogen and oxygen atoms in total. The summed E-state index contributed by atoms with van der Waals surface area (Å²) in [7, 11) is 0. The van der Waals surface area contributed by atoms with Crippen LogP contribution >= 0.6 is 0 Å². The number of aryl methyl sites for hydroxylation is 4. The molecule has 272 valence electrons. The molecule has 57 heavy (non-hydrogen) atoms. The highest BCUT2D eigenvalue weighted by atomic mass is 15.0. The van der Waals surface area contributed by atoms with Crippen molar-refractivity contribution in [2.45, 2.75) is 44.2 Å². The van der Waals surface area contributed by atoms with Crippen LogP contribution in [0.5, 0.6) is 0 Å². The van der Waals surface area contributed by atoms with Gasteiger partial charge in [-0.2, -0.15) is 0 Å². The van der Waals surface area contributed by atoms with Crippen LogP contribution in [0.25, 0.3) is 66.0 Å². The third-order valence-electron chi connectivity index (χ3n) is 13.2. The summed E-state index contributed by atoms with van der Waals surface area (Å²) in [6.45, 7) is 1.88. The summed E-state index contributed by atoms with van der Waals surface area (Å²) < 4.78 is 5.05. The van der Waals surface area contributed by atoms with Crippen LogP contribution in [0.2, 0.25) is 0 Å². The topological polar surface area (TPSA) is 22.8 Å². The average Bonchev–Trinajstić information content (AvgIpc) is 3.99. The number of hydrogen-bond acceptors (Lipinski definition) is 1. The van der Waals surface area contributed by atoms with Gasteiger partial charge in [0.05, 0.1) is 5.69 Å². The lowest BCUT2D eigenvalue weighted by Crippen LogP contribution is -2.26. The Kier molecular flexibility index (Phi) is 7.22. The number of pyridine rings is 1. The van der Waals surface area contributed by atoms with Gasteiger partial charge in [0.1, 0.15) is 0 Å². The van der Waals surface area contributed by atoms with E-state index in [0.29, 0.717) is 0 Å². The molecule has 0 atom stereocenters. The summed E-state index contributed by atoms with van der Waals surface area (Å²) in [6, 6.07) is 63.6. The van der Waals surface area contributed by atoms with Gasteiger partial charge < -0.3 is 9.13 Å². The highest BCUT2D eigenvalue weighted by molar-refractivity contribution is 6.08. The van der Waals surface area contributed by atoms with E-state index in [2.05, 4.69) is 173 Å². The Morgan fingerprint density at radius 2 is 0.912 bits per heavy atom. The van der Waals surface area contributed by atoms with E-state index < -0.39 is 0 Å². The smallest absolute Gasteiger partial charge is 0.0702 e. The van der Waals surface area contributed by atoms with E-state index in [1.807, 2.05) is 12.3 Å². The maximum absolute atomic E-state index is 4.71. The first-order valence-electron chi connectivity index (χ1n) is 20.4. The van der Waals surface area contributed by atoms with E-state index in [0.717, 1.165) is 44.5 Å². The van der Waals surface area contributed by atoms with Crippen LogP contribution in [0.4, 0.5) is 0 Å². The van der Waals surface area contributed by atoms with Gasteiger partial charge in [-0.1, -0.05) is 127 Å². The van der Waals surface area contributed by atoms with Crippen molar-refractivity contribution < 1.29 is 0 Å². The SMILES string of the molecule is c1ccc(-c2ccc3c(c2)CC2(C3)c3cc(CCn4c5ccccc5c5ccccc54)ccc3-c3ccc(CCn4c5ccccc5c5ccccc54)cc32)nc1. The van der Waals surface area contributed by atoms with Gasteiger partial charge in [-0.3, -0.25) is 4.98 Å². The minimum absolute atomic E-state index is 0.110. The molecule has 12 rings (SSSR count). The van der Waals surface area contributed by atoms with E-state index in [-0.39, 0.29) is 5.41 Å². The Bertz CT molecular complexity index is 2920. The van der Waals surface area contributed by atoms with Crippen LogP contribution < -0.4 is 0 Å². The Morgan fingerprint density at radius 3 is 1.40 bits per heavy atom. The number of aromatic nitrogens is 3. The quantitative estimate of drug-likeness (QED) is 0.160. The fraction of sp³-hybridized carbons (Fsp3) is 0.130. The lowest BCUT2D eigenvalue weighted by atomic mass is 9.75. The van der Waals surface area contributed by atoms with E-state index in [1.54, 1.807) is 0 Å². The Labute approximate surface area is 332 Å². The third kappa shape index (κ3) is 5.01. The monoisotopic (exact) mass is 731 g/mol. The molecule has 10 aromatic rings. The summed E-state index contributed by atoms with van der Waals surface area (Å²) in [5.41, 5.74) is 18.9. The van der Waals surface area contributed by atoms with Crippen molar-refractivity contribution in [3.05, 3.63) is 209 Å². The van der Waals surface area contributed by atoms with Crippen LogP contribution in [-0.2, 0) is 44.2 Å². The largest absolute Gasteiger partial charge is 0.340 e. The van der Waals surface area contributed by atoms with Crippen molar-refractivity contribution in [1.82, 2.24) is 14.1 Å². The molecule has 0 unspecified atom stereocenters. The van der Waals surface area contributed by atoms with Crippen molar-refractivity contribution in [3.8, 4) is 22.4 Å². The fourth-order valence-electron chi connectivity index (χ4n) is 10.6. The summed E-state index contributed by atoms with van der Waals surface area (Å²) in [6.07, 6.45) is 5.86. The zero-order valence-electron chi connectivity index (χ0n) is 31.8. The van der Waals surface area contributed by atoms with Crippen molar-refractivity contribution in [2.24, 2.45) is 0 Å². The number of rotatable bonds is 7. The van der Waals surface area contributed by atoms with Crippen LogP contribution in [-0.4, -0.2) is 14.1 Å². The molecule has 3 aromatic heterocycles. The van der Waals surface area contributed by atoms with Gasteiger partial charge in [-0.05, 0) is 113 Å². The summed E-state index contributed by atoms with van der Waals surface area (Å²) in [5.74, 6) is 0. The Balaban J connectivity index is 0.933. The first-order valence-corrected chi connectivity index (χ1v) is 20.4. The van der Waals surface area contributed by atoms with Gasteiger partial charge in [-0.25, -0.2) is 0 Å². The number of fused-ring (bicyclic) bond motifs is 12. The van der Waals surface area contributed by atoms with Gasteiger partial charge in [0.2, 0.25) is 0 Å². The molecule has 0 amide bonds. The van der Waals surface area contributed by atoms with E-state index in [9.17, 15) is 0 Å². The van der Waals surface area contributed by atoms with Crippen LogP contribution in [0.15, 0.2) is 176 Å². The molecular weight excluding hydrogens is 691 g/mol. The molecule has 0 aliphatic heterocycles. The lowest BCUT2D eigenvalue weighted by Gasteiger charge is -2.28. The molecule has 0 N–H and O–H groups in total. The molecular formula is C54H41N3. The molecule has 7 aromatic carbocycles. The van der Waals surface area contributed by atoms with Crippen molar-refractivity contribution >= 4 is 43.6 Å². The number of nitrogens with zero attached hydrogens (tertiary/aromatic N) is 3. The second kappa shape index (κ2) is 12.7. The van der Waals surface area contributed by atoms with E-state index in [4.69, 9.17) is 4.98 Å². The van der Waals surface area contributed by atoms with E-state index >= 15 is 0 Å². The van der Waals surface area contributed by atoms with Gasteiger partial charge in [0.15, 0.2) is 0 Å². The Hall–Kier alpha value is -6.71. The first-order chi connectivity index (χ1) is 28.2. The zero-order chi connectivity index (χ0) is 37.5. The molecule has 0 saturated heterocycles. The molecule has 3 heterocycles. The van der Waals surface area contributed by atoms with Crippen LogP contribution in [0, 0.1) is 0 Å². The van der Waals surface area contributed by atoms with Crippen LogP contribution in [0.1, 0.15) is 33.4 Å². The highest BCUT2D eigenvalue weighted by Crippen LogP contribution is 2.56. The van der Waals surface area contributed by atoms with Gasteiger partial charge in [0, 0.05) is 73.9 Å². The van der Waals surface area contributed by atoms with Crippen molar-refractivity contribution in [2.75, 3.05) is 0 Å². The molecule has 0 fully saturated rings. The number of benzene rings is 7. The normalized spacial score (nSPS) is 13.9. The molecule has 2 aliphatic carbocycles. The molecule has 0 radical (unpaired) electrons. The summed E-state index contributed by atoms with van der Waals surface area (Å²) >= 11 is 0. The fourth-order valence-corrected chi connectivity index (χ4v) is 10.6. The van der Waals surface area contributed by atoms with E-state index in [1.165, 1.54) is 93.7 Å². The van der Waals surface area contributed by atoms with Crippen molar-refractivity contribution in [1.29, 1.82) is 0 Å². The first kappa shape index (κ1) is 32.5. The maximum Gasteiger partial charge on any atom is 0.0702 e. The predicted molar refractivity (Wildman–Crippen MR) is 236 cm³/mol. The van der Waals surface area contributed by atoms with Gasteiger partial charge >= 0.3 is 0 Å². The standard InChI is InChI=1S/C54H41N3/c1-5-16-50-43(11-1)44-12-2-6-17-51(44)56(50)29-26-36-20-24-41-42-25-21-37(27-30-57-52-18-7-3-13-45(52)46-14-4-8-19-53(46)57)32-48(42)54(47(41)31-36)34-39-23-22-38(33-40(39)35-54)49-15-9-10-28-55-49/h1-25,28,31-33H,26-27,29-30,34-35H2. The molecule has 2 aliphatic rings. The highest BCUT2D eigenvalue weighted by Gasteiger charge is 2.47. The molecule has 0 bridgehead atoms. The number of hydrogen-bond donors (Lipinski definition) is 0. The third-order valence-corrected chi connectivity index (χ3v) is 13.2. The number of para-hydroxylation sites is 4. The van der Waals surface area contributed by atoms with Gasteiger partial charge in [-0.15, -0.1) is 0 Å². The van der Waals surface area contributed by atoms with Crippen molar-refractivity contribution in [3.63, 3.8) is 0 Å². The minimum Gasteiger partial charge on any atom is -0.340 e. The predicted octanol–water partition coefficient (Wildman–Crippen LogP) is 12.5. The Morgan fingerprint density at radius 1 is 0.439 bits per heavy atom. The lowest BCUT2D eigenvalue weighted by molar-refractivity contribution is 0.561. The maximum atomic E-state index is 4.71. The molecule has 1 spiro atoms. The summed E-state index contributed by atoms with van der Waals surface area (Å²) in [5, 5.41) is 5.33. The second-order valence-corrected chi connectivity index (χ2v) is 16.3. The summed E-state index contributed by atoms with van der Waals surface area (Å²) in [4.78, 5) is 4.71. The molecule has 3 heteroatoms. The van der Waals surface area contributed by atoms with Gasteiger partial charge in [0.25, 0.3) is 0 Å². The zero-order valence-corrected chi connectivity index (χ0v) is 31.8. The average molecular weight is 732 g/mol. The minimum atomic E-state index is -0.110. The molecule has 0 saturated carbocycles.